The molecule has 272 valence electrons. The van der Waals surface area contributed by atoms with Gasteiger partial charge in [-0.2, -0.15) is 0 Å². The van der Waals surface area contributed by atoms with Crippen LogP contribution in [0.4, 0.5) is 11.4 Å². The minimum absolute atomic E-state index is 0.109. The van der Waals surface area contributed by atoms with Crippen LogP contribution in [0.1, 0.15) is 39.1 Å². The zero-order valence-electron chi connectivity index (χ0n) is 31.6. The molecule has 1 aliphatic heterocycles. The van der Waals surface area contributed by atoms with E-state index >= 15 is 0 Å². The van der Waals surface area contributed by atoms with Crippen molar-refractivity contribution in [2.75, 3.05) is 4.90 Å². The number of furan rings is 1. The topological polar surface area (TPSA) is 21.3 Å². The molecular formula is C55H36N2O. The van der Waals surface area contributed by atoms with Crippen LogP contribution in [0.25, 0.3) is 61.3 Å². The van der Waals surface area contributed by atoms with Crippen LogP contribution >= 0.6 is 0 Å². The van der Waals surface area contributed by atoms with E-state index in [2.05, 4.69) is 210 Å². The van der Waals surface area contributed by atoms with Gasteiger partial charge in [0.1, 0.15) is 11.2 Å². The van der Waals surface area contributed by atoms with Gasteiger partial charge >= 0.3 is 0 Å². The summed E-state index contributed by atoms with van der Waals surface area (Å²) >= 11 is 0. The first-order valence-corrected chi connectivity index (χ1v) is 20.3. The second kappa shape index (κ2) is 11.8. The second-order valence-electron chi connectivity index (χ2n) is 16.0. The molecule has 13 rings (SSSR count). The molecule has 8 aromatic carbocycles. The van der Waals surface area contributed by atoms with E-state index in [1.54, 1.807) is 0 Å². The third-order valence-corrected chi connectivity index (χ3v) is 13.2. The molecule has 58 heavy (non-hydrogen) atoms. The number of hydrogen-bond donors (Lipinski definition) is 0. The highest BCUT2D eigenvalue weighted by atomic mass is 16.3. The summed E-state index contributed by atoms with van der Waals surface area (Å²) in [6, 6.07) is 71.5. The number of aromatic nitrogens is 1. The molecule has 1 unspecified atom stereocenters. The minimum Gasteiger partial charge on any atom is -0.456 e. The van der Waals surface area contributed by atoms with E-state index in [1.165, 1.54) is 83.7 Å². The molecule has 0 saturated carbocycles. The van der Waals surface area contributed by atoms with E-state index in [9.17, 15) is 0 Å². The SMILES string of the molecule is C1=C2c3cc4c(cc3N(c3ccccc3)C2Cc2c1c1ccccc1n2-c1cccc(C2(c3ccccc3)c3ccccc3-c3ccccc32)c1)oc1ccccc14. The Bertz CT molecular complexity index is 3280. The van der Waals surface area contributed by atoms with Gasteiger partial charge < -0.3 is 13.9 Å². The van der Waals surface area contributed by atoms with Crippen molar-refractivity contribution in [1.82, 2.24) is 4.57 Å². The Balaban J connectivity index is 1.05. The summed E-state index contributed by atoms with van der Waals surface area (Å²) in [6.45, 7) is 0. The molecule has 0 saturated heterocycles. The monoisotopic (exact) mass is 740 g/mol. The van der Waals surface area contributed by atoms with Crippen molar-refractivity contribution in [1.29, 1.82) is 0 Å². The van der Waals surface area contributed by atoms with Crippen LogP contribution in [-0.4, -0.2) is 10.6 Å². The summed E-state index contributed by atoms with van der Waals surface area (Å²) in [5, 5.41) is 3.60. The first-order valence-electron chi connectivity index (χ1n) is 20.3. The Morgan fingerprint density at radius 1 is 0.483 bits per heavy atom. The summed E-state index contributed by atoms with van der Waals surface area (Å²) in [5.41, 5.74) is 19.2. The van der Waals surface area contributed by atoms with Gasteiger partial charge in [-0.25, -0.2) is 0 Å². The smallest absolute Gasteiger partial charge is 0.137 e. The maximum absolute atomic E-state index is 6.48. The summed E-state index contributed by atoms with van der Waals surface area (Å²) in [7, 11) is 0. The van der Waals surface area contributed by atoms with Gasteiger partial charge in [-0.05, 0) is 87.5 Å². The molecule has 0 fully saturated rings. The summed E-state index contributed by atoms with van der Waals surface area (Å²) < 4.78 is 9.04. The Morgan fingerprint density at radius 3 is 1.91 bits per heavy atom. The van der Waals surface area contributed by atoms with Gasteiger partial charge in [0.2, 0.25) is 0 Å². The number of rotatable bonds is 4. The quantitative estimate of drug-likeness (QED) is 0.179. The Hall–Kier alpha value is -7.36. The highest BCUT2D eigenvalue weighted by Crippen LogP contribution is 2.57. The fraction of sp³-hybridized carbons (Fsp3) is 0.0545. The maximum atomic E-state index is 6.48. The first-order chi connectivity index (χ1) is 28.8. The third-order valence-electron chi connectivity index (χ3n) is 13.2. The van der Waals surface area contributed by atoms with Crippen molar-refractivity contribution in [3.63, 3.8) is 0 Å². The molecule has 0 N–H and O–H groups in total. The number of para-hydroxylation sites is 3. The van der Waals surface area contributed by atoms with Crippen LogP contribution in [0.3, 0.4) is 0 Å². The number of hydrogen-bond acceptors (Lipinski definition) is 2. The Kier molecular flexibility index (Phi) is 6.49. The Morgan fingerprint density at radius 2 is 1.12 bits per heavy atom. The number of anilines is 2. The largest absolute Gasteiger partial charge is 0.456 e. The van der Waals surface area contributed by atoms with Gasteiger partial charge in [-0.3, -0.25) is 0 Å². The number of fused-ring (bicyclic) bond motifs is 12. The zero-order valence-corrected chi connectivity index (χ0v) is 31.6. The number of benzene rings is 8. The molecule has 3 nitrogen and oxygen atoms in total. The van der Waals surface area contributed by atoms with Gasteiger partial charge in [-0.1, -0.05) is 146 Å². The van der Waals surface area contributed by atoms with Crippen molar-refractivity contribution in [2.45, 2.75) is 17.9 Å². The van der Waals surface area contributed by atoms with Crippen molar-refractivity contribution >= 4 is 55.9 Å². The average Bonchev–Trinajstić information content (AvgIpc) is 4.00. The normalized spacial score (nSPS) is 15.9. The van der Waals surface area contributed by atoms with Crippen LogP contribution in [0.5, 0.6) is 0 Å². The van der Waals surface area contributed by atoms with Crippen molar-refractivity contribution in [3.8, 4) is 16.8 Å². The molecule has 0 bridgehead atoms. The fourth-order valence-corrected chi connectivity index (χ4v) is 10.9. The first kappa shape index (κ1) is 31.8. The lowest BCUT2D eigenvalue weighted by atomic mass is 9.67. The molecular weight excluding hydrogens is 705 g/mol. The highest BCUT2D eigenvalue weighted by molar-refractivity contribution is 6.12. The average molecular weight is 741 g/mol. The van der Waals surface area contributed by atoms with Gasteiger partial charge in [0.05, 0.1) is 22.7 Å². The molecule has 0 spiro atoms. The lowest BCUT2D eigenvalue weighted by molar-refractivity contribution is 0.668. The molecule has 0 radical (unpaired) electrons. The molecule has 3 aliphatic rings. The van der Waals surface area contributed by atoms with Crippen LogP contribution in [0.15, 0.2) is 199 Å². The molecule has 10 aromatic rings. The lowest BCUT2D eigenvalue weighted by Gasteiger charge is -2.34. The standard InChI is InChI=1S/C55H36N2O/c1-3-16-35(17-4-1)55(47-26-11-7-22-39(47)40-23-8-12-27-48(40)55)36-18-15-21-38(30-36)57-49-28-13-9-24-41(49)43-31-44-45-32-46-42-25-10-14-29-53(42)58-54(46)34-52(45)56(51(44)33-50(43)57)37-19-5-2-6-20-37/h1-32,34,51H,33H2. The minimum atomic E-state index is -0.473. The highest BCUT2D eigenvalue weighted by Gasteiger charge is 2.46. The third kappa shape index (κ3) is 4.17. The second-order valence-corrected chi connectivity index (χ2v) is 16.0. The summed E-state index contributed by atoms with van der Waals surface area (Å²) in [4.78, 5) is 2.55. The van der Waals surface area contributed by atoms with Crippen molar-refractivity contribution < 1.29 is 4.42 Å². The fourth-order valence-electron chi connectivity index (χ4n) is 10.9. The lowest BCUT2D eigenvalue weighted by Crippen LogP contribution is -2.31. The molecule has 2 aromatic heterocycles. The van der Waals surface area contributed by atoms with Gasteiger partial charge in [0.15, 0.2) is 0 Å². The van der Waals surface area contributed by atoms with Crippen molar-refractivity contribution in [3.05, 3.63) is 233 Å². The van der Waals surface area contributed by atoms with Gasteiger partial charge in [-0.15, -0.1) is 0 Å². The van der Waals surface area contributed by atoms with E-state index in [0.29, 0.717) is 0 Å². The van der Waals surface area contributed by atoms with E-state index in [0.717, 1.165) is 28.4 Å². The van der Waals surface area contributed by atoms with Gasteiger partial charge in [0, 0.05) is 56.8 Å². The molecule has 0 amide bonds. The van der Waals surface area contributed by atoms with Crippen molar-refractivity contribution in [2.24, 2.45) is 0 Å². The zero-order chi connectivity index (χ0) is 38.0. The van der Waals surface area contributed by atoms with E-state index < -0.39 is 5.41 Å². The van der Waals surface area contributed by atoms with Crippen LogP contribution in [0.2, 0.25) is 0 Å². The van der Waals surface area contributed by atoms with E-state index in [4.69, 9.17) is 4.42 Å². The van der Waals surface area contributed by atoms with E-state index in [-0.39, 0.29) is 6.04 Å². The molecule has 1 atom stereocenters. The predicted molar refractivity (Wildman–Crippen MR) is 238 cm³/mol. The Labute approximate surface area is 336 Å². The molecule has 2 aliphatic carbocycles. The van der Waals surface area contributed by atoms with Gasteiger partial charge in [0.25, 0.3) is 0 Å². The summed E-state index contributed by atoms with van der Waals surface area (Å²) in [6.07, 6.45) is 3.35. The number of nitrogens with zero attached hydrogens (tertiary/aromatic N) is 2. The van der Waals surface area contributed by atoms with Crippen LogP contribution < -0.4 is 4.90 Å². The van der Waals surface area contributed by atoms with Crippen LogP contribution in [-0.2, 0) is 11.8 Å². The maximum Gasteiger partial charge on any atom is 0.137 e. The molecule has 3 heterocycles. The predicted octanol–water partition coefficient (Wildman–Crippen LogP) is 13.5. The molecule has 3 heteroatoms. The van der Waals surface area contributed by atoms with E-state index in [1.807, 2.05) is 0 Å². The summed E-state index contributed by atoms with van der Waals surface area (Å²) in [5.74, 6) is 0. The van der Waals surface area contributed by atoms with Crippen LogP contribution in [0, 0.1) is 0 Å².